The number of phenols is 1. The SMILES string of the molecule is C#Cc1c(F)ccc2cc(O)cc(-c3nc(OC)c4c(N5CCOC[C@@](C)(O)C5)nc(OC[C@]56CCC[C@H]5N(CC5[C@H]7CN(C(=O)CC)C[C@@H]57)CCC6)nc4c3F)c12. The molecule has 3 saturated heterocycles. The number of pyridine rings is 1. The Morgan fingerprint density at radius 3 is 2.66 bits per heavy atom. The predicted molar refractivity (Wildman–Crippen MR) is 214 cm³/mol. The molecule has 58 heavy (non-hydrogen) atoms. The number of fused-ring (bicyclic) bond motifs is 4. The number of likely N-dealkylation sites (tertiary alicyclic amines) is 2. The number of phenolic OH excluding ortho intramolecular Hbond substituents is 1. The first-order chi connectivity index (χ1) is 27.9. The van der Waals surface area contributed by atoms with Crippen molar-refractivity contribution in [1.82, 2.24) is 24.8 Å². The van der Waals surface area contributed by atoms with Gasteiger partial charge in [-0.15, -0.1) is 6.42 Å². The van der Waals surface area contributed by atoms with Crippen LogP contribution in [0.15, 0.2) is 24.3 Å². The zero-order chi connectivity index (χ0) is 40.5. The number of carbonyl (C=O) groups is 1. The molecule has 0 spiro atoms. The average molecular weight is 797 g/mol. The normalized spacial score (nSPS) is 28.3. The zero-order valence-electron chi connectivity index (χ0n) is 33.3. The van der Waals surface area contributed by atoms with Gasteiger partial charge in [0.1, 0.15) is 39.6 Å². The number of halogens is 2. The molecule has 6 atom stereocenters. The molecule has 2 aliphatic carbocycles. The number of hydrogen-bond donors (Lipinski definition) is 2. The summed E-state index contributed by atoms with van der Waals surface area (Å²) in [5, 5.41) is 22.7. The molecule has 2 aromatic carbocycles. The molecule has 9 rings (SSSR count). The lowest BCUT2D eigenvalue weighted by Crippen LogP contribution is -2.52. The number of benzene rings is 2. The highest BCUT2D eigenvalue weighted by molar-refractivity contribution is 6.04. The Bertz CT molecular complexity index is 2320. The van der Waals surface area contributed by atoms with Crippen LogP contribution in [-0.4, -0.2) is 119 Å². The highest BCUT2D eigenvalue weighted by atomic mass is 19.1. The van der Waals surface area contributed by atoms with Crippen molar-refractivity contribution < 1.29 is 38.0 Å². The number of hydrogen-bond acceptors (Lipinski definition) is 11. The Hall–Kier alpha value is -4.84. The lowest BCUT2D eigenvalue weighted by atomic mass is 9.75. The van der Waals surface area contributed by atoms with Gasteiger partial charge >= 0.3 is 6.01 Å². The Labute approximate surface area is 336 Å². The number of aromatic hydroxyl groups is 1. The molecule has 12 nitrogen and oxygen atoms in total. The molecule has 306 valence electrons. The number of amides is 1. The fourth-order valence-electron chi connectivity index (χ4n) is 10.7. The largest absolute Gasteiger partial charge is 0.508 e. The van der Waals surface area contributed by atoms with E-state index in [1.54, 1.807) is 6.92 Å². The number of piperidine rings is 2. The van der Waals surface area contributed by atoms with Crippen LogP contribution in [0.4, 0.5) is 14.6 Å². The lowest BCUT2D eigenvalue weighted by molar-refractivity contribution is -0.130. The lowest BCUT2D eigenvalue weighted by Gasteiger charge is -2.46. The van der Waals surface area contributed by atoms with E-state index in [0.29, 0.717) is 48.8 Å². The van der Waals surface area contributed by atoms with Crippen LogP contribution in [0.1, 0.15) is 57.9 Å². The van der Waals surface area contributed by atoms with Gasteiger partial charge < -0.3 is 34.2 Å². The van der Waals surface area contributed by atoms with Gasteiger partial charge in [0.15, 0.2) is 5.82 Å². The third-order valence-electron chi connectivity index (χ3n) is 13.5. The molecule has 0 radical (unpaired) electrons. The molecule has 5 heterocycles. The molecule has 1 unspecified atom stereocenters. The van der Waals surface area contributed by atoms with Gasteiger partial charge in [0, 0.05) is 55.0 Å². The number of β-amino-alcohol motifs (C(OH)–C–C–N with tert-alkyl or cyclic N) is 1. The van der Waals surface area contributed by atoms with E-state index in [4.69, 9.17) is 30.6 Å². The minimum atomic E-state index is -1.25. The van der Waals surface area contributed by atoms with Crippen LogP contribution in [0.3, 0.4) is 0 Å². The number of nitrogens with zero attached hydrogens (tertiary/aromatic N) is 6. The maximum absolute atomic E-state index is 17.4. The first-order valence-electron chi connectivity index (χ1n) is 20.5. The fraction of sp³-hybridized carbons (Fsp3) is 0.545. The van der Waals surface area contributed by atoms with Crippen LogP contribution in [0.25, 0.3) is 32.9 Å². The number of aromatic nitrogens is 3. The molecular formula is C44H50F2N6O6. The van der Waals surface area contributed by atoms with Gasteiger partial charge in [0.2, 0.25) is 11.8 Å². The topological polar surface area (TPSA) is 134 Å². The molecule has 2 aromatic heterocycles. The predicted octanol–water partition coefficient (Wildman–Crippen LogP) is 5.53. The van der Waals surface area contributed by atoms with Crippen molar-refractivity contribution in [2.75, 3.05) is 71.1 Å². The van der Waals surface area contributed by atoms with Crippen molar-refractivity contribution in [3.8, 4) is 41.2 Å². The van der Waals surface area contributed by atoms with Crippen molar-refractivity contribution in [3.05, 3.63) is 41.5 Å². The van der Waals surface area contributed by atoms with E-state index in [9.17, 15) is 15.0 Å². The van der Waals surface area contributed by atoms with Crippen LogP contribution in [0, 0.1) is 47.1 Å². The number of carbonyl (C=O) groups excluding carboxylic acids is 1. The molecule has 5 fully saturated rings. The van der Waals surface area contributed by atoms with Gasteiger partial charge in [-0.25, -0.2) is 13.8 Å². The van der Waals surface area contributed by atoms with Crippen LogP contribution >= 0.6 is 0 Å². The van der Waals surface area contributed by atoms with E-state index in [1.165, 1.54) is 31.4 Å². The zero-order valence-corrected chi connectivity index (χ0v) is 33.3. The van der Waals surface area contributed by atoms with Crippen LogP contribution in [0.2, 0.25) is 0 Å². The first kappa shape index (κ1) is 38.7. The standard InChI is InChI=1S/C44H50F2N6O6/c1-5-27-32(45)11-10-25-17-26(53)18-28(35(25)27)38-37(46)39-36(41(47-38)56-4)40(51-15-16-57-23-43(3,55)22-51)49-42(48-39)58-24-44-12-7-9-33(44)50(14-8-13-44)19-29-30-20-52(21-31(29)30)34(54)6-2/h1,10-11,17-18,29-31,33,53,55H,6-9,12-16,19-24H2,2-4H3/t29?,30-,31+,33-,43+,44-/m1/s1. The molecule has 2 saturated carbocycles. The van der Waals surface area contributed by atoms with Gasteiger partial charge in [0.25, 0.3) is 0 Å². The number of anilines is 1. The Morgan fingerprint density at radius 2 is 1.90 bits per heavy atom. The van der Waals surface area contributed by atoms with Crippen LogP contribution < -0.4 is 14.4 Å². The number of methoxy groups -OCH3 is 1. The Balaban J connectivity index is 1.09. The van der Waals surface area contributed by atoms with E-state index < -0.39 is 17.2 Å². The van der Waals surface area contributed by atoms with Crippen molar-refractivity contribution in [2.45, 2.75) is 64.0 Å². The van der Waals surface area contributed by atoms with Gasteiger partial charge in [-0.05, 0) is 80.5 Å². The summed E-state index contributed by atoms with van der Waals surface area (Å²) in [7, 11) is 1.40. The highest BCUT2D eigenvalue weighted by Crippen LogP contribution is 2.55. The van der Waals surface area contributed by atoms with Crippen LogP contribution in [-0.2, 0) is 9.53 Å². The third kappa shape index (κ3) is 6.65. The molecule has 0 bridgehead atoms. The minimum Gasteiger partial charge on any atom is -0.508 e. The average Bonchev–Trinajstić information content (AvgIpc) is 3.48. The van der Waals surface area contributed by atoms with E-state index in [1.807, 2.05) is 16.7 Å². The van der Waals surface area contributed by atoms with E-state index in [-0.39, 0.29) is 87.6 Å². The van der Waals surface area contributed by atoms with Gasteiger partial charge in [-0.2, -0.15) is 9.97 Å². The van der Waals surface area contributed by atoms with Gasteiger partial charge in [-0.1, -0.05) is 25.3 Å². The second kappa shape index (κ2) is 14.8. The number of rotatable bonds is 9. The van der Waals surface area contributed by atoms with E-state index >= 15 is 8.78 Å². The van der Waals surface area contributed by atoms with Crippen molar-refractivity contribution in [1.29, 1.82) is 0 Å². The number of ether oxygens (including phenoxy) is 3. The Morgan fingerprint density at radius 1 is 1.10 bits per heavy atom. The summed E-state index contributed by atoms with van der Waals surface area (Å²) in [6.07, 6.45) is 11.5. The summed E-state index contributed by atoms with van der Waals surface area (Å²) in [4.78, 5) is 33.1. The maximum Gasteiger partial charge on any atom is 0.319 e. The monoisotopic (exact) mass is 796 g/mol. The van der Waals surface area contributed by atoms with E-state index in [2.05, 4.69) is 15.8 Å². The van der Waals surface area contributed by atoms with Crippen molar-refractivity contribution in [2.24, 2.45) is 23.2 Å². The maximum atomic E-state index is 17.4. The quantitative estimate of drug-likeness (QED) is 0.207. The summed E-state index contributed by atoms with van der Waals surface area (Å²) in [6.45, 7) is 8.55. The summed E-state index contributed by atoms with van der Waals surface area (Å²) >= 11 is 0. The fourth-order valence-corrected chi connectivity index (χ4v) is 10.7. The molecule has 1 amide bonds. The third-order valence-corrected chi connectivity index (χ3v) is 13.5. The molecule has 5 aliphatic rings. The summed E-state index contributed by atoms with van der Waals surface area (Å²) < 4.78 is 50.7. The second-order valence-electron chi connectivity index (χ2n) is 17.3. The summed E-state index contributed by atoms with van der Waals surface area (Å²) in [5.41, 5.74) is -1.83. The molecule has 4 aromatic rings. The smallest absolute Gasteiger partial charge is 0.319 e. The minimum absolute atomic E-state index is 0.0164. The first-order valence-corrected chi connectivity index (χ1v) is 20.5. The van der Waals surface area contributed by atoms with Gasteiger partial charge in [-0.3, -0.25) is 9.69 Å². The molecule has 3 aliphatic heterocycles. The van der Waals surface area contributed by atoms with Gasteiger partial charge in [0.05, 0.1) is 39.0 Å². The van der Waals surface area contributed by atoms with Crippen molar-refractivity contribution in [3.63, 3.8) is 0 Å². The molecule has 2 N–H and O–H groups in total. The summed E-state index contributed by atoms with van der Waals surface area (Å²) in [5.74, 6) is 2.92. The number of aliphatic hydroxyl groups is 1. The Kier molecular flexibility index (Phi) is 9.84. The van der Waals surface area contributed by atoms with Crippen molar-refractivity contribution >= 4 is 33.4 Å². The van der Waals surface area contributed by atoms with Crippen LogP contribution in [0.5, 0.6) is 17.6 Å². The summed E-state index contributed by atoms with van der Waals surface area (Å²) in [6, 6.07) is 5.69. The molecular weight excluding hydrogens is 747 g/mol. The molecule has 14 heteroatoms. The number of terminal acetylenes is 1. The second-order valence-corrected chi connectivity index (χ2v) is 17.3. The van der Waals surface area contributed by atoms with E-state index in [0.717, 1.165) is 58.3 Å². The highest BCUT2D eigenvalue weighted by Gasteiger charge is 2.58.